The van der Waals surface area contributed by atoms with E-state index in [1.54, 1.807) is 6.20 Å². The van der Waals surface area contributed by atoms with Crippen LogP contribution in [0.2, 0.25) is 5.02 Å². The monoisotopic (exact) mass is 327 g/mol. The molecule has 1 aliphatic carbocycles. The first kappa shape index (κ1) is 14.6. The highest BCUT2D eigenvalue weighted by atomic mass is 35.5. The lowest BCUT2D eigenvalue weighted by Crippen LogP contribution is -2.37. The van der Waals surface area contributed by atoms with E-state index >= 15 is 0 Å². The molecule has 0 amide bonds. The second kappa shape index (κ2) is 5.30. The Labute approximate surface area is 139 Å². The number of halogens is 1. The highest BCUT2D eigenvalue weighted by molar-refractivity contribution is 6.33. The molecule has 4 rings (SSSR count). The second-order valence-corrected chi connectivity index (χ2v) is 6.70. The molecule has 1 fully saturated rings. The fourth-order valence-corrected chi connectivity index (χ4v) is 3.57. The number of H-pyrrole nitrogens is 1. The van der Waals surface area contributed by atoms with E-state index < -0.39 is 5.54 Å². The molecule has 0 radical (unpaired) electrons. The Kier molecular flexibility index (Phi) is 3.37. The minimum atomic E-state index is -0.565. The van der Waals surface area contributed by atoms with Crippen LogP contribution in [0.1, 0.15) is 25.1 Å². The largest absolute Gasteiger partial charge is 0.360 e. The normalized spacial score (nSPS) is 24.4. The third-order valence-electron chi connectivity index (χ3n) is 4.62. The first-order chi connectivity index (χ1) is 11.1. The van der Waals surface area contributed by atoms with Crippen molar-refractivity contribution >= 4 is 22.5 Å². The molecule has 2 atom stereocenters. The van der Waals surface area contributed by atoms with Gasteiger partial charge in [-0.05, 0) is 25.3 Å². The van der Waals surface area contributed by atoms with Crippen LogP contribution < -0.4 is 11.5 Å². The highest BCUT2D eigenvalue weighted by Gasteiger charge is 2.38. The smallest absolute Gasteiger partial charge is 0.148 e. The number of rotatable bonds is 2. The van der Waals surface area contributed by atoms with Crippen molar-refractivity contribution in [1.82, 2.24) is 15.0 Å². The zero-order chi connectivity index (χ0) is 16.0. The minimum absolute atomic E-state index is 0.107. The molecular formula is C17H18ClN5. The molecule has 23 heavy (non-hydrogen) atoms. The van der Waals surface area contributed by atoms with Crippen molar-refractivity contribution < 1.29 is 0 Å². The van der Waals surface area contributed by atoms with Gasteiger partial charge in [-0.15, -0.1) is 0 Å². The Balaban J connectivity index is 1.85. The fraction of sp³-hybridized carbons (Fsp3) is 0.294. The Hall–Kier alpha value is -1.95. The fourth-order valence-electron chi connectivity index (χ4n) is 3.38. The number of nitrogens with zero attached hydrogens (tertiary/aromatic N) is 2. The highest BCUT2D eigenvalue weighted by Crippen LogP contribution is 2.37. The van der Waals surface area contributed by atoms with Gasteiger partial charge < -0.3 is 16.5 Å². The molecule has 1 aromatic carbocycles. The Morgan fingerprint density at radius 1 is 1.30 bits per heavy atom. The van der Waals surface area contributed by atoms with Crippen molar-refractivity contribution in [3.05, 3.63) is 47.5 Å². The van der Waals surface area contributed by atoms with Crippen molar-refractivity contribution in [2.75, 3.05) is 0 Å². The molecule has 1 saturated carbocycles. The van der Waals surface area contributed by atoms with Gasteiger partial charge in [0.2, 0.25) is 0 Å². The van der Waals surface area contributed by atoms with Gasteiger partial charge in [0.15, 0.2) is 0 Å². The third kappa shape index (κ3) is 2.41. The summed E-state index contributed by atoms with van der Waals surface area (Å²) < 4.78 is 0. The van der Waals surface area contributed by atoms with E-state index in [0.717, 1.165) is 29.3 Å². The molecule has 0 saturated heterocycles. The van der Waals surface area contributed by atoms with Gasteiger partial charge in [-0.2, -0.15) is 0 Å². The van der Waals surface area contributed by atoms with Gasteiger partial charge in [0.1, 0.15) is 5.82 Å². The summed E-state index contributed by atoms with van der Waals surface area (Å²) in [5, 5.41) is 1.60. The van der Waals surface area contributed by atoms with Crippen LogP contribution in [0.25, 0.3) is 22.2 Å². The van der Waals surface area contributed by atoms with Crippen molar-refractivity contribution in [3.63, 3.8) is 0 Å². The molecule has 0 aliphatic heterocycles. The number of nitrogens with two attached hydrogens (primary N) is 2. The molecule has 0 bridgehead atoms. The molecule has 2 heterocycles. The minimum Gasteiger partial charge on any atom is -0.360 e. The van der Waals surface area contributed by atoms with E-state index in [2.05, 4.69) is 9.97 Å². The van der Waals surface area contributed by atoms with Crippen LogP contribution in [0, 0.1) is 0 Å². The van der Waals surface area contributed by atoms with E-state index in [-0.39, 0.29) is 6.04 Å². The molecule has 5 N–H and O–H groups in total. The van der Waals surface area contributed by atoms with E-state index in [9.17, 15) is 0 Å². The maximum atomic E-state index is 6.50. The summed E-state index contributed by atoms with van der Waals surface area (Å²) in [6.45, 7) is 0. The lowest BCUT2D eigenvalue weighted by atomic mass is 9.97. The quantitative estimate of drug-likeness (QED) is 0.674. The van der Waals surface area contributed by atoms with Crippen molar-refractivity contribution in [1.29, 1.82) is 0 Å². The first-order valence-corrected chi connectivity index (χ1v) is 8.08. The van der Waals surface area contributed by atoms with Crippen molar-refractivity contribution in [3.8, 4) is 11.3 Å². The van der Waals surface area contributed by atoms with E-state index in [1.165, 1.54) is 0 Å². The SMILES string of the molecule is NC1CCC(N)(c2ncc(Cl)c(-c3c[nH]c4ccccc34)n2)C1. The number of para-hydroxylation sites is 1. The number of benzene rings is 1. The zero-order valence-corrected chi connectivity index (χ0v) is 13.3. The number of hydrogen-bond acceptors (Lipinski definition) is 4. The lowest BCUT2D eigenvalue weighted by Gasteiger charge is -2.22. The van der Waals surface area contributed by atoms with E-state index in [1.807, 2.05) is 30.5 Å². The standard InChI is InChI=1S/C17H18ClN5/c18-13-9-22-16(17(20)6-5-10(19)7-17)23-15(13)12-8-21-14-4-2-1-3-11(12)14/h1-4,8-10,21H,5-7,19-20H2. The summed E-state index contributed by atoms with van der Waals surface area (Å²) in [7, 11) is 0. The average Bonchev–Trinajstić information content (AvgIpc) is 3.12. The van der Waals surface area contributed by atoms with Crippen LogP contribution in [-0.4, -0.2) is 21.0 Å². The predicted octanol–water partition coefficient (Wildman–Crippen LogP) is 2.94. The van der Waals surface area contributed by atoms with Crippen LogP contribution >= 0.6 is 11.6 Å². The van der Waals surface area contributed by atoms with Crippen LogP contribution in [0.3, 0.4) is 0 Å². The van der Waals surface area contributed by atoms with Gasteiger partial charge in [0, 0.05) is 34.9 Å². The van der Waals surface area contributed by atoms with E-state index in [4.69, 9.17) is 28.1 Å². The number of aromatic nitrogens is 3. The van der Waals surface area contributed by atoms with E-state index in [0.29, 0.717) is 23.0 Å². The Bertz CT molecular complexity index is 874. The average molecular weight is 328 g/mol. The molecule has 2 unspecified atom stereocenters. The number of nitrogens with one attached hydrogen (secondary N) is 1. The maximum absolute atomic E-state index is 6.50. The summed E-state index contributed by atoms with van der Waals surface area (Å²) in [6, 6.07) is 8.16. The van der Waals surface area contributed by atoms with Gasteiger partial charge in [0.05, 0.1) is 16.3 Å². The molecular weight excluding hydrogens is 310 g/mol. The number of hydrogen-bond donors (Lipinski definition) is 3. The van der Waals surface area contributed by atoms with Gasteiger partial charge >= 0.3 is 0 Å². The zero-order valence-electron chi connectivity index (χ0n) is 12.6. The summed E-state index contributed by atoms with van der Waals surface area (Å²) in [6.07, 6.45) is 5.95. The van der Waals surface area contributed by atoms with Gasteiger partial charge in [-0.1, -0.05) is 29.8 Å². The maximum Gasteiger partial charge on any atom is 0.148 e. The van der Waals surface area contributed by atoms with Crippen LogP contribution in [0.4, 0.5) is 0 Å². The Morgan fingerprint density at radius 3 is 2.91 bits per heavy atom. The molecule has 6 heteroatoms. The molecule has 118 valence electrons. The lowest BCUT2D eigenvalue weighted by molar-refractivity contribution is 0.425. The summed E-state index contributed by atoms with van der Waals surface area (Å²) in [5.74, 6) is 0.620. The van der Waals surface area contributed by atoms with Gasteiger partial charge in [-0.3, -0.25) is 0 Å². The van der Waals surface area contributed by atoms with Gasteiger partial charge in [-0.25, -0.2) is 9.97 Å². The summed E-state index contributed by atoms with van der Waals surface area (Å²) >= 11 is 6.36. The van der Waals surface area contributed by atoms with Gasteiger partial charge in [0.25, 0.3) is 0 Å². The molecule has 0 spiro atoms. The summed E-state index contributed by atoms with van der Waals surface area (Å²) in [4.78, 5) is 12.3. The molecule has 2 aromatic heterocycles. The van der Waals surface area contributed by atoms with Crippen LogP contribution in [0.15, 0.2) is 36.7 Å². The molecule has 5 nitrogen and oxygen atoms in total. The summed E-state index contributed by atoms with van der Waals surface area (Å²) in [5.41, 5.74) is 14.7. The van der Waals surface area contributed by atoms with Crippen molar-refractivity contribution in [2.45, 2.75) is 30.8 Å². The topological polar surface area (TPSA) is 93.6 Å². The van der Waals surface area contributed by atoms with Crippen LogP contribution in [0.5, 0.6) is 0 Å². The van der Waals surface area contributed by atoms with Crippen LogP contribution in [-0.2, 0) is 5.54 Å². The Morgan fingerprint density at radius 2 is 2.13 bits per heavy atom. The third-order valence-corrected chi connectivity index (χ3v) is 4.90. The number of fused-ring (bicyclic) bond motifs is 1. The van der Waals surface area contributed by atoms with Crippen molar-refractivity contribution in [2.24, 2.45) is 11.5 Å². The predicted molar refractivity (Wildman–Crippen MR) is 92.0 cm³/mol. The molecule has 1 aliphatic rings. The number of aromatic amines is 1. The second-order valence-electron chi connectivity index (χ2n) is 6.30. The first-order valence-electron chi connectivity index (χ1n) is 7.71. The molecule has 3 aromatic rings.